The summed E-state index contributed by atoms with van der Waals surface area (Å²) in [5.74, 6) is 0.409. The Bertz CT molecular complexity index is 893. The van der Waals surface area contributed by atoms with E-state index in [0.29, 0.717) is 29.6 Å². The molecule has 0 bridgehead atoms. The maximum Gasteiger partial charge on any atom is 0.284 e. The van der Waals surface area contributed by atoms with Crippen LogP contribution < -0.4 is 9.46 Å². The lowest BCUT2D eigenvalue weighted by Crippen LogP contribution is -2.32. The van der Waals surface area contributed by atoms with E-state index in [1.54, 1.807) is 30.7 Å². The lowest BCUT2D eigenvalue weighted by Gasteiger charge is -2.08. The first-order valence-electron chi connectivity index (χ1n) is 8.16. The van der Waals surface area contributed by atoms with Crippen molar-refractivity contribution in [3.63, 3.8) is 0 Å². The molecule has 0 aliphatic rings. The number of carbonyl (C=O) groups is 1. The molecule has 1 aromatic heterocycles. The van der Waals surface area contributed by atoms with Crippen molar-refractivity contribution in [2.24, 2.45) is 0 Å². The fourth-order valence-electron chi connectivity index (χ4n) is 2.32. The number of imidazole rings is 1. The third-order valence-corrected chi connectivity index (χ3v) is 5.50. The second kappa shape index (κ2) is 8.55. The molecule has 0 fully saturated rings. The molecule has 2 rings (SSSR count). The highest BCUT2D eigenvalue weighted by Crippen LogP contribution is 2.23. The molecule has 0 atom stereocenters. The molecule has 1 amide bonds. The highest BCUT2D eigenvalue weighted by Gasteiger charge is 2.19. The average molecular weight is 400 g/mol. The number of aryl methyl sites for hydroxylation is 1. The van der Waals surface area contributed by atoms with E-state index in [-0.39, 0.29) is 11.4 Å². The van der Waals surface area contributed by atoms with Gasteiger partial charge in [-0.2, -0.15) is 0 Å². The molecule has 7 nitrogen and oxygen atoms in total. The summed E-state index contributed by atoms with van der Waals surface area (Å²) in [6.07, 6.45) is 2.73. The van der Waals surface area contributed by atoms with E-state index in [1.165, 1.54) is 6.20 Å². The maximum atomic E-state index is 12.2. The third kappa shape index (κ3) is 5.22. The van der Waals surface area contributed by atoms with Crippen molar-refractivity contribution in [1.29, 1.82) is 0 Å². The minimum absolute atomic E-state index is 0.0483. The Balaban J connectivity index is 2.15. The Morgan fingerprint density at radius 2 is 2.12 bits per heavy atom. The Hall–Kier alpha value is -2.06. The number of hydrogen-bond donors (Lipinski definition) is 1. The van der Waals surface area contributed by atoms with E-state index in [4.69, 9.17) is 16.3 Å². The van der Waals surface area contributed by atoms with Gasteiger partial charge < -0.3 is 9.30 Å². The van der Waals surface area contributed by atoms with Gasteiger partial charge in [-0.3, -0.25) is 4.79 Å². The summed E-state index contributed by atoms with van der Waals surface area (Å²) in [6.45, 7) is 4.02. The van der Waals surface area contributed by atoms with Gasteiger partial charge in [0.1, 0.15) is 17.3 Å². The van der Waals surface area contributed by atoms with Crippen molar-refractivity contribution < 1.29 is 17.9 Å². The number of rotatable bonds is 8. The quantitative estimate of drug-likeness (QED) is 0.737. The number of amides is 1. The molecular formula is C17H22ClN3O4S. The van der Waals surface area contributed by atoms with Crippen molar-refractivity contribution >= 4 is 27.5 Å². The van der Waals surface area contributed by atoms with E-state index in [1.807, 2.05) is 13.0 Å². The molecular weight excluding hydrogens is 378 g/mol. The highest BCUT2D eigenvalue weighted by molar-refractivity contribution is 7.90. The Labute approximate surface area is 158 Å². The fraction of sp³-hybridized carbons (Fsp3) is 0.412. The van der Waals surface area contributed by atoms with Crippen LogP contribution >= 0.6 is 11.6 Å². The predicted molar refractivity (Wildman–Crippen MR) is 100 cm³/mol. The molecule has 1 heterocycles. The SMILES string of the molecule is CCCCS(=O)(=O)NC(=O)c1cn(Cc2ccc(OC)cc2Cl)c(C)n1. The maximum absolute atomic E-state index is 12.2. The molecule has 26 heavy (non-hydrogen) atoms. The predicted octanol–water partition coefficient (Wildman–Crippen LogP) is 2.76. The Morgan fingerprint density at radius 3 is 2.73 bits per heavy atom. The lowest BCUT2D eigenvalue weighted by atomic mass is 10.2. The number of sulfonamides is 1. The molecule has 0 saturated heterocycles. The van der Waals surface area contributed by atoms with Crippen LogP contribution in [0.5, 0.6) is 5.75 Å². The first-order valence-corrected chi connectivity index (χ1v) is 10.2. The molecule has 0 aliphatic carbocycles. The third-order valence-electron chi connectivity index (χ3n) is 3.82. The second-order valence-corrected chi connectivity index (χ2v) is 8.11. The summed E-state index contributed by atoms with van der Waals surface area (Å²) < 4.78 is 32.6. The molecule has 0 aliphatic heterocycles. The van der Waals surface area contributed by atoms with Crippen LogP contribution in [0.3, 0.4) is 0 Å². The second-order valence-electron chi connectivity index (χ2n) is 5.86. The van der Waals surface area contributed by atoms with Crippen molar-refractivity contribution in [2.45, 2.75) is 33.2 Å². The highest BCUT2D eigenvalue weighted by atomic mass is 35.5. The first kappa shape index (κ1) is 20.3. The van der Waals surface area contributed by atoms with Crippen LogP contribution in [0.2, 0.25) is 5.02 Å². The van der Waals surface area contributed by atoms with Gasteiger partial charge in [-0.1, -0.05) is 31.0 Å². The monoisotopic (exact) mass is 399 g/mol. The summed E-state index contributed by atoms with van der Waals surface area (Å²) in [7, 11) is -2.09. The molecule has 0 saturated carbocycles. The van der Waals surface area contributed by atoms with Gasteiger partial charge in [-0.05, 0) is 31.0 Å². The van der Waals surface area contributed by atoms with Crippen LogP contribution in [0.15, 0.2) is 24.4 Å². The zero-order valence-corrected chi connectivity index (χ0v) is 16.5. The van der Waals surface area contributed by atoms with Gasteiger partial charge in [-0.25, -0.2) is 18.1 Å². The van der Waals surface area contributed by atoms with Crippen LogP contribution in [0, 0.1) is 6.92 Å². The number of unbranched alkanes of at least 4 members (excludes halogenated alkanes) is 1. The largest absolute Gasteiger partial charge is 0.497 e. The van der Waals surface area contributed by atoms with Gasteiger partial charge >= 0.3 is 0 Å². The molecule has 0 radical (unpaired) electrons. The number of methoxy groups -OCH3 is 1. The fourth-order valence-corrected chi connectivity index (χ4v) is 3.71. The summed E-state index contributed by atoms with van der Waals surface area (Å²) in [4.78, 5) is 16.3. The molecule has 142 valence electrons. The minimum atomic E-state index is -3.65. The van der Waals surface area contributed by atoms with Gasteiger partial charge in [0.25, 0.3) is 5.91 Å². The zero-order valence-electron chi connectivity index (χ0n) is 15.0. The number of nitrogens with zero attached hydrogens (tertiary/aromatic N) is 2. The minimum Gasteiger partial charge on any atom is -0.497 e. The van der Waals surface area contributed by atoms with Gasteiger partial charge in [0.15, 0.2) is 0 Å². The number of nitrogens with one attached hydrogen (secondary N) is 1. The van der Waals surface area contributed by atoms with E-state index < -0.39 is 15.9 Å². The van der Waals surface area contributed by atoms with Gasteiger partial charge in [0, 0.05) is 11.2 Å². The Morgan fingerprint density at radius 1 is 1.38 bits per heavy atom. The number of carbonyl (C=O) groups excluding carboxylic acids is 1. The van der Waals surface area contributed by atoms with E-state index in [2.05, 4.69) is 9.71 Å². The molecule has 0 spiro atoms. The van der Waals surface area contributed by atoms with Crippen LogP contribution in [0.4, 0.5) is 0 Å². The topological polar surface area (TPSA) is 90.3 Å². The van der Waals surface area contributed by atoms with Gasteiger partial charge in [-0.15, -0.1) is 0 Å². The van der Waals surface area contributed by atoms with Crippen LogP contribution in [-0.2, 0) is 16.6 Å². The number of halogens is 1. The van der Waals surface area contributed by atoms with E-state index in [0.717, 1.165) is 12.0 Å². The van der Waals surface area contributed by atoms with Gasteiger partial charge in [0.05, 0.1) is 19.4 Å². The number of ether oxygens (including phenoxy) is 1. The number of aromatic nitrogens is 2. The molecule has 2 aromatic rings. The van der Waals surface area contributed by atoms with E-state index in [9.17, 15) is 13.2 Å². The lowest BCUT2D eigenvalue weighted by molar-refractivity contribution is 0.0977. The number of benzene rings is 1. The molecule has 9 heteroatoms. The summed E-state index contributed by atoms with van der Waals surface area (Å²) in [5, 5.41) is 0.533. The van der Waals surface area contributed by atoms with Crippen LogP contribution in [-0.4, -0.2) is 36.7 Å². The van der Waals surface area contributed by atoms with Crippen LogP contribution in [0.1, 0.15) is 41.6 Å². The van der Waals surface area contributed by atoms with Crippen molar-refractivity contribution in [1.82, 2.24) is 14.3 Å². The van der Waals surface area contributed by atoms with Crippen LogP contribution in [0.25, 0.3) is 0 Å². The average Bonchev–Trinajstić information content (AvgIpc) is 2.95. The van der Waals surface area contributed by atoms with Crippen molar-refractivity contribution in [3.8, 4) is 5.75 Å². The van der Waals surface area contributed by atoms with Crippen molar-refractivity contribution in [2.75, 3.05) is 12.9 Å². The summed E-state index contributed by atoms with van der Waals surface area (Å²) in [5.41, 5.74) is 0.877. The summed E-state index contributed by atoms with van der Waals surface area (Å²) in [6, 6.07) is 5.33. The summed E-state index contributed by atoms with van der Waals surface area (Å²) >= 11 is 6.24. The molecule has 1 N–H and O–H groups in total. The van der Waals surface area contributed by atoms with Gasteiger partial charge in [0.2, 0.25) is 10.0 Å². The van der Waals surface area contributed by atoms with Crippen molar-refractivity contribution in [3.05, 3.63) is 46.5 Å². The van der Waals surface area contributed by atoms with E-state index >= 15 is 0 Å². The molecule has 0 unspecified atom stereocenters. The first-order chi connectivity index (χ1) is 12.3. The standard InChI is InChI=1S/C17H22ClN3O4S/c1-4-5-8-26(23,24)20-17(22)16-11-21(12(2)19-16)10-13-6-7-14(25-3)9-15(13)18/h6-7,9,11H,4-5,8,10H2,1-3H3,(H,20,22). The normalized spacial score (nSPS) is 11.4. The zero-order chi connectivity index (χ0) is 19.3. The number of hydrogen-bond acceptors (Lipinski definition) is 5. The molecule has 1 aromatic carbocycles. The Kier molecular flexibility index (Phi) is 6.66. The smallest absolute Gasteiger partial charge is 0.284 e.